The molecule has 2 aromatic heterocycles. The number of carbonyl (C=O) groups is 1. The van der Waals surface area contributed by atoms with Gasteiger partial charge in [-0.2, -0.15) is 9.10 Å². The van der Waals surface area contributed by atoms with E-state index in [-0.39, 0.29) is 48.9 Å². The van der Waals surface area contributed by atoms with Gasteiger partial charge >= 0.3 is 6.09 Å². The van der Waals surface area contributed by atoms with Crippen molar-refractivity contribution in [3.05, 3.63) is 120 Å². The Kier molecular flexibility index (Phi) is 14.5. The molecular formula is C44H51N9O9S2. The Labute approximate surface area is 372 Å². The summed E-state index contributed by atoms with van der Waals surface area (Å²) >= 11 is 0. The number of rotatable bonds is 18. The zero-order valence-electron chi connectivity index (χ0n) is 36.5. The molecular weight excluding hydrogens is 863 g/mol. The zero-order valence-corrected chi connectivity index (χ0v) is 38.1. The normalized spacial score (nSPS) is 12.4. The molecule has 0 fully saturated rings. The number of tetrazole rings is 1. The van der Waals surface area contributed by atoms with Gasteiger partial charge in [0, 0.05) is 37.4 Å². The molecule has 1 amide bonds. The fourth-order valence-electron chi connectivity index (χ4n) is 6.51. The molecule has 6 aromatic rings. The first-order valence-corrected chi connectivity index (χ1v) is 22.9. The number of carbonyl (C=O) groups excluding carboxylic acids is 1. The molecule has 6 rings (SSSR count). The molecule has 0 saturated carbocycles. The number of alkyl carbamates (subject to hydrolysis) is 1. The molecule has 18 nitrogen and oxygen atoms in total. The van der Waals surface area contributed by atoms with Gasteiger partial charge in [-0.05, 0) is 110 Å². The lowest BCUT2D eigenvalue weighted by atomic mass is 10.0. The highest BCUT2D eigenvalue weighted by atomic mass is 32.2. The van der Waals surface area contributed by atoms with Crippen molar-refractivity contribution in [2.24, 2.45) is 0 Å². The highest BCUT2D eigenvalue weighted by Crippen LogP contribution is 2.41. The second-order valence-electron chi connectivity index (χ2n) is 15.7. The van der Waals surface area contributed by atoms with Crippen molar-refractivity contribution in [3.63, 3.8) is 0 Å². The molecule has 2 heterocycles. The maximum absolute atomic E-state index is 15.9. The van der Waals surface area contributed by atoms with E-state index < -0.39 is 47.6 Å². The highest BCUT2D eigenvalue weighted by molar-refractivity contribution is 7.92. The van der Waals surface area contributed by atoms with E-state index in [1.165, 1.54) is 54.6 Å². The summed E-state index contributed by atoms with van der Waals surface area (Å²) in [6, 6.07) is 25.7. The van der Waals surface area contributed by atoms with Crippen LogP contribution in [-0.2, 0) is 44.4 Å². The molecule has 64 heavy (non-hydrogen) atoms. The third-order valence-corrected chi connectivity index (χ3v) is 13.2. The predicted molar refractivity (Wildman–Crippen MR) is 239 cm³/mol. The number of sulfonamides is 2. The van der Waals surface area contributed by atoms with Crippen LogP contribution in [0, 0.1) is 0 Å². The number of methoxy groups -OCH3 is 3. The summed E-state index contributed by atoms with van der Waals surface area (Å²) in [5, 5.41) is 15.8. The number of aromatic nitrogens is 5. The molecule has 0 radical (unpaired) electrons. The Bertz CT molecular complexity index is 2710. The summed E-state index contributed by atoms with van der Waals surface area (Å²) in [7, 11) is -5.07. The summed E-state index contributed by atoms with van der Waals surface area (Å²) in [5.74, 6) is 1.76. The second-order valence-corrected chi connectivity index (χ2v) is 19.2. The minimum atomic E-state index is -4.91. The van der Waals surface area contributed by atoms with Gasteiger partial charge in [-0.1, -0.05) is 42.5 Å². The Balaban J connectivity index is 1.57. The molecule has 338 valence electrons. The zero-order chi connectivity index (χ0) is 46.2. The third kappa shape index (κ3) is 11.7. The van der Waals surface area contributed by atoms with E-state index in [2.05, 4.69) is 30.4 Å². The van der Waals surface area contributed by atoms with Crippen LogP contribution < -0.4 is 30.0 Å². The van der Waals surface area contributed by atoms with Crippen molar-refractivity contribution in [1.29, 1.82) is 0 Å². The molecule has 4 aromatic carbocycles. The molecule has 0 bridgehead atoms. The van der Waals surface area contributed by atoms with Gasteiger partial charge in [0.2, 0.25) is 25.9 Å². The van der Waals surface area contributed by atoms with Gasteiger partial charge < -0.3 is 30.0 Å². The lowest BCUT2D eigenvalue weighted by Gasteiger charge is -2.27. The molecule has 0 aliphatic heterocycles. The minimum absolute atomic E-state index is 0.126. The van der Waals surface area contributed by atoms with Gasteiger partial charge in [0.1, 0.15) is 38.5 Å². The van der Waals surface area contributed by atoms with Gasteiger partial charge in [-0.3, -0.25) is 0 Å². The standard InChI is InChI=1S/C44H51N9O9S2/c1-29(24-47-43(54)62-44(2,3)4)50-63(55,56)38-22-21-37(33-14-23-39(45)46-25-33)40(42-48-51-53(49-42)28-32-12-19-36(61-7)20-13-32)41(38)64(57,58)52(26-30-8-15-34(59-5)16-9-30)27-31-10-17-35(60-6)18-11-31/h8-23,25,29,50H,24,26-28H2,1-7H3,(H2,45,46)(H,47,54)/t29-/m1/s1. The van der Waals surface area contributed by atoms with Crippen LogP contribution in [-0.4, -0.2) is 91.9 Å². The molecule has 4 N–H and O–H groups in total. The van der Waals surface area contributed by atoms with E-state index >= 15 is 8.42 Å². The number of amides is 1. The molecule has 20 heteroatoms. The lowest BCUT2D eigenvalue weighted by Crippen LogP contribution is -2.43. The fourth-order valence-corrected chi connectivity index (χ4v) is 10.2. The van der Waals surface area contributed by atoms with Crippen LogP contribution in [0.5, 0.6) is 17.2 Å². The Morgan fingerprint density at radius 1 is 0.781 bits per heavy atom. The third-order valence-electron chi connectivity index (χ3n) is 9.61. The van der Waals surface area contributed by atoms with Crippen LogP contribution in [0.4, 0.5) is 10.6 Å². The van der Waals surface area contributed by atoms with Crippen molar-refractivity contribution in [3.8, 4) is 39.8 Å². The fraction of sp³-hybridized carbons (Fsp3) is 0.295. The van der Waals surface area contributed by atoms with Gasteiger partial charge in [-0.25, -0.2) is 31.3 Å². The lowest BCUT2D eigenvalue weighted by molar-refractivity contribution is 0.0524. The second kappa shape index (κ2) is 19.8. The van der Waals surface area contributed by atoms with E-state index in [1.54, 1.807) is 94.6 Å². The topological polar surface area (TPSA) is 232 Å². The largest absolute Gasteiger partial charge is 0.497 e. The summed E-state index contributed by atoms with van der Waals surface area (Å²) in [6.07, 6.45) is 0.678. The number of nitrogens with zero attached hydrogens (tertiary/aromatic N) is 6. The number of ether oxygens (including phenoxy) is 4. The Morgan fingerprint density at radius 3 is 1.83 bits per heavy atom. The molecule has 0 aliphatic rings. The van der Waals surface area contributed by atoms with Crippen LogP contribution in [0.25, 0.3) is 22.5 Å². The quantitative estimate of drug-likeness (QED) is 0.0948. The molecule has 0 saturated heterocycles. The predicted octanol–water partition coefficient (Wildman–Crippen LogP) is 5.64. The number of hydrogen-bond donors (Lipinski definition) is 3. The van der Waals surface area contributed by atoms with Crippen molar-refractivity contribution in [1.82, 2.24) is 39.5 Å². The number of benzene rings is 4. The number of nitrogen functional groups attached to an aromatic ring is 1. The highest BCUT2D eigenvalue weighted by Gasteiger charge is 2.38. The van der Waals surface area contributed by atoms with Crippen LogP contribution >= 0.6 is 0 Å². The number of nitrogens with one attached hydrogen (secondary N) is 2. The van der Waals surface area contributed by atoms with E-state index in [0.717, 1.165) is 5.56 Å². The minimum Gasteiger partial charge on any atom is -0.497 e. The van der Waals surface area contributed by atoms with E-state index in [4.69, 9.17) is 24.7 Å². The van der Waals surface area contributed by atoms with Gasteiger partial charge in [-0.15, -0.1) is 10.2 Å². The van der Waals surface area contributed by atoms with E-state index in [9.17, 15) is 13.2 Å². The Morgan fingerprint density at radius 2 is 1.33 bits per heavy atom. The summed E-state index contributed by atoms with van der Waals surface area (Å²) in [6.45, 7) is 6.13. The van der Waals surface area contributed by atoms with Crippen molar-refractivity contribution < 1.29 is 40.6 Å². The van der Waals surface area contributed by atoms with Gasteiger partial charge in [0.05, 0.1) is 33.4 Å². The first-order valence-electron chi connectivity index (χ1n) is 19.9. The average Bonchev–Trinajstić information content (AvgIpc) is 3.73. The summed E-state index contributed by atoms with van der Waals surface area (Å²) in [4.78, 5) is 16.8. The average molecular weight is 914 g/mol. The smallest absolute Gasteiger partial charge is 0.407 e. The van der Waals surface area contributed by atoms with Crippen LogP contribution in [0.15, 0.2) is 113 Å². The first-order chi connectivity index (χ1) is 30.4. The van der Waals surface area contributed by atoms with Gasteiger partial charge in [0.15, 0.2) is 0 Å². The van der Waals surface area contributed by atoms with Gasteiger partial charge in [0.25, 0.3) is 0 Å². The van der Waals surface area contributed by atoms with E-state index in [0.29, 0.717) is 33.9 Å². The van der Waals surface area contributed by atoms with Crippen LogP contribution in [0.1, 0.15) is 44.4 Å². The first kappa shape index (κ1) is 46.9. The van der Waals surface area contributed by atoms with Crippen molar-refractivity contribution >= 4 is 32.0 Å². The monoisotopic (exact) mass is 913 g/mol. The molecule has 0 unspecified atom stereocenters. The summed E-state index contributed by atoms with van der Waals surface area (Å²) < 4.78 is 86.3. The number of pyridine rings is 1. The van der Waals surface area contributed by atoms with Crippen molar-refractivity contribution in [2.75, 3.05) is 33.6 Å². The molecule has 0 spiro atoms. The van der Waals surface area contributed by atoms with Crippen molar-refractivity contribution in [2.45, 2.75) is 68.8 Å². The maximum atomic E-state index is 15.9. The summed E-state index contributed by atoms with van der Waals surface area (Å²) in [5.41, 5.74) is 7.55. The number of nitrogens with two attached hydrogens (primary N) is 1. The molecule has 1 atom stereocenters. The van der Waals surface area contributed by atoms with Crippen LogP contribution in [0.3, 0.4) is 0 Å². The van der Waals surface area contributed by atoms with Crippen LogP contribution in [0.2, 0.25) is 0 Å². The maximum Gasteiger partial charge on any atom is 0.407 e. The molecule has 0 aliphatic carbocycles. The Hall–Kier alpha value is -6.61. The number of hydrogen-bond acceptors (Lipinski definition) is 14. The SMILES string of the molecule is COc1ccc(CN(Cc2ccc(OC)cc2)S(=O)(=O)c2c(S(=O)(=O)N[C@H](C)CNC(=O)OC(C)(C)C)ccc(-c3ccc(N)nc3)c2-c2nnn(Cc3ccc(OC)cc3)n2)cc1. The van der Waals surface area contributed by atoms with E-state index in [1.807, 2.05) is 12.1 Å². The number of anilines is 1.